The van der Waals surface area contributed by atoms with Gasteiger partial charge >= 0.3 is 17.9 Å². The Kier molecular flexibility index (Phi) is 48.0. The second-order valence-electron chi connectivity index (χ2n) is 16.7. The summed E-state index contributed by atoms with van der Waals surface area (Å²) < 4.78 is 16.7. The van der Waals surface area contributed by atoms with Crippen LogP contribution < -0.4 is 0 Å². The summed E-state index contributed by atoms with van der Waals surface area (Å²) in [6.45, 7) is 6.32. The number of carbonyl (C=O) groups excluding carboxylic acids is 3. The van der Waals surface area contributed by atoms with Gasteiger partial charge in [0.25, 0.3) is 0 Å². The molecule has 0 saturated heterocycles. The summed E-state index contributed by atoms with van der Waals surface area (Å²) in [6, 6.07) is 0. The lowest BCUT2D eigenvalue weighted by molar-refractivity contribution is -0.166. The van der Waals surface area contributed by atoms with Gasteiger partial charge in [0.2, 0.25) is 0 Å². The molecule has 0 N–H and O–H groups in total. The first-order valence-electron chi connectivity index (χ1n) is 25.7. The van der Waals surface area contributed by atoms with E-state index in [0.717, 1.165) is 96.3 Å². The van der Waals surface area contributed by atoms with Crippen molar-refractivity contribution in [1.82, 2.24) is 0 Å². The minimum atomic E-state index is -0.817. The van der Waals surface area contributed by atoms with Gasteiger partial charge in [0, 0.05) is 19.3 Å². The first kappa shape index (κ1) is 59.3. The van der Waals surface area contributed by atoms with Crippen molar-refractivity contribution in [1.29, 1.82) is 0 Å². The Balaban J connectivity index is 4.41. The summed E-state index contributed by atoms with van der Waals surface area (Å²) in [5, 5.41) is 0. The normalized spacial score (nSPS) is 12.9. The van der Waals surface area contributed by atoms with Crippen LogP contribution in [0.5, 0.6) is 0 Å². The van der Waals surface area contributed by atoms with Crippen molar-refractivity contribution in [2.24, 2.45) is 0 Å². The van der Waals surface area contributed by atoms with Crippen LogP contribution in [0.2, 0.25) is 0 Å². The van der Waals surface area contributed by atoms with Gasteiger partial charge in [-0.1, -0.05) is 221 Å². The molecule has 0 aromatic heterocycles. The quantitative estimate of drug-likeness (QED) is 0.0262. The molecular formula is C57H94O6. The van der Waals surface area contributed by atoms with E-state index in [1.54, 1.807) is 0 Å². The number of hydrogen-bond donors (Lipinski definition) is 0. The van der Waals surface area contributed by atoms with Crippen molar-refractivity contribution in [3.8, 4) is 0 Å². The molecule has 0 rings (SSSR count). The second kappa shape index (κ2) is 51.0. The molecule has 63 heavy (non-hydrogen) atoms. The number of rotatable bonds is 45. The van der Waals surface area contributed by atoms with Crippen LogP contribution >= 0.6 is 0 Å². The van der Waals surface area contributed by atoms with Gasteiger partial charge in [-0.15, -0.1) is 0 Å². The van der Waals surface area contributed by atoms with Crippen LogP contribution in [0.15, 0.2) is 97.2 Å². The molecule has 0 aliphatic heterocycles. The summed E-state index contributed by atoms with van der Waals surface area (Å²) in [6.07, 6.45) is 66.9. The number of ether oxygens (including phenoxy) is 3. The maximum Gasteiger partial charge on any atom is 0.306 e. The minimum Gasteiger partial charge on any atom is -0.462 e. The number of hydrogen-bond acceptors (Lipinski definition) is 6. The highest BCUT2D eigenvalue weighted by atomic mass is 16.6. The van der Waals surface area contributed by atoms with Gasteiger partial charge in [-0.2, -0.15) is 0 Å². The molecule has 0 saturated carbocycles. The summed E-state index contributed by atoms with van der Waals surface area (Å²) >= 11 is 0. The molecule has 0 fully saturated rings. The first-order chi connectivity index (χ1) is 31.0. The Labute approximate surface area is 387 Å². The standard InChI is InChI=1S/C57H94O6/c1-4-7-10-13-16-19-22-24-25-26-27-28-29-30-31-33-35-38-41-44-47-50-56(59)62-53-54(52-61-55(58)49-46-43-40-37-34-21-18-15-12-9-6-3)63-57(60)51-48-45-42-39-36-32-23-20-17-14-11-8-5-2/h7-8,10-11,16-17,19-20,24-25,27-28,32,36,42,45,54H,4-6,9,12-15,18,21-23,26,29-31,33-35,37-41,43-44,46-53H2,1-3H3/b10-7-,11-8-,19-16-,20-17-,25-24-,28-27-,36-32-,45-42-. The lowest BCUT2D eigenvalue weighted by Crippen LogP contribution is -2.30. The topological polar surface area (TPSA) is 78.9 Å². The lowest BCUT2D eigenvalue weighted by Gasteiger charge is -2.18. The fourth-order valence-corrected chi connectivity index (χ4v) is 6.80. The predicted octanol–water partition coefficient (Wildman–Crippen LogP) is 17.0. The van der Waals surface area contributed by atoms with Crippen molar-refractivity contribution < 1.29 is 28.6 Å². The third-order valence-corrected chi connectivity index (χ3v) is 10.6. The minimum absolute atomic E-state index is 0.108. The van der Waals surface area contributed by atoms with E-state index in [-0.39, 0.29) is 31.6 Å². The van der Waals surface area contributed by atoms with Crippen molar-refractivity contribution in [3.05, 3.63) is 97.2 Å². The molecule has 0 aliphatic carbocycles. The maximum absolute atomic E-state index is 12.7. The van der Waals surface area contributed by atoms with Gasteiger partial charge in [0.05, 0.1) is 0 Å². The highest BCUT2D eigenvalue weighted by Crippen LogP contribution is 2.14. The summed E-state index contributed by atoms with van der Waals surface area (Å²) in [4.78, 5) is 37.9. The monoisotopic (exact) mass is 875 g/mol. The molecule has 0 aromatic rings. The third kappa shape index (κ3) is 49.2. The van der Waals surface area contributed by atoms with Crippen LogP contribution in [0, 0.1) is 0 Å². The van der Waals surface area contributed by atoms with Gasteiger partial charge in [-0.3, -0.25) is 14.4 Å². The zero-order valence-electron chi connectivity index (χ0n) is 40.8. The van der Waals surface area contributed by atoms with Gasteiger partial charge < -0.3 is 14.2 Å². The van der Waals surface area contributed by atoms with E-state index >= 15 is 0 Å². The van der Waals surface area contributed by atoms with Crippen LogP contribution in [-0.2, 0) is 28.6 Å². The lowest BCUT2D eigenvalue weighted by atomic mass is 10.1. The third-order valence-electron chi connectivity index (χ3n) is 10.6. The van der Waals surface area contributed by atoms with Gasteiger partial charge in [0.1, 0.15) is 13.2 Å². The van der Waals surface area contributed by atoms with Crippen LogP contribution in [0.25, 0.3) is 0 Å². The molecule has 6 heteroatoms. The first-order valence-corrected chi connectivity index (χ1v) is 25.7. The summed E-state index contributed by atoms with van der Waals surface area (Å²) in [7, 11) is 0. The van der Waals surface area contributed by atoms with Crippen LogP contribution in [0.1, 0.15) is 226 Å². The van der Waals surface area contributed by atoms with E-state index in [1.165, 1.54) is 83.5 Å². The highest BCUT2D eigenvalue weighted by Gasteiger charge is 2.19. The maximum atomic E-state index is 12.7. The molecule has 0 spiro atoms. The molecule has 1 atom stereocenters. The average Bonchev–Trinajstić information content (AvgIpc) is 3.28. The number of allylic oxidation sites excluding steroid dienone is 16. The van der Waals surface area contributed by atoms with Crippen molar-refractivity contribution in [2.45, 2.75) is 232 Å². The van der Waals surface area contributed by atoms with E-state index in [9.17, 15) is 14.4 Å². The highest BCUT2D eigenvalue weighted by molar-refractivity contribution is 5.71. The number of esters is 3. The molecule has 0 aliphatic rings. The van der Waals surface area contributed by atoms with Crippen molar-refractivity contribution >= 4 is 17.9 Å². The smallest absolute Gasteiger partial charge is 0.306 e. The average molecular weight is 875 g/mol. The molecule has 0 aromatic carbocycles. The molecule has 1 unspecified atom stereocenters. The second-order valence-corrected chi connectivity index (χ2v) is 16.7. The zero-order valence-corrected chi connectivity index (χ0v) is 40.8. The Bertz CT molecular complexity index is 1280. The van der Waals surface area contributed by atoms with Crippen molar-refractivity contribution in [3.63, 3.8) is 0 Å². The molecule has 0 radical (unpaired) electrons. The fraction of sp³-hybridized carbons (Fsp3) is 0.667. The summed E-state index contributed by atoms with van der Waals surface area (Å²) in [5.74, 6) is -1.00. The molecule has 6 nitrogen and oxygen atoms in total. The zero-order chi connectivity index (χ0) is 45.8. The van der Waals surface area contributed by atoms with Crippen LogP contribution in [0.3, 0.4) is 0 Å². The van der Waals surface area contributed by atoms with E-state index < -0.39 is 12.1 Å². The van der Waals surface area contributed by atoms with Gasteiger partial charge in [-0.05, 0) is 83.5 Å². The van der Waals surface area contributed by atoms with Gasteiger partial charge in [0.15, 0.2) is 6.10 Å². The number of unbranched alkanes of at least 4 members (excludes halogenated alkanes) is 18. The van der Waals surface area contributed by atoms with Crippen LogP contribution in [-0.4, -0.2) is 37.2 Å². The largest absolute Gasteiger partial charge is 0.462 e. The Morgan fingerprint density at radius 2 is 0.651 bits per heavy atom. The van der Waals surface area contributed by atoms with E-state index in [2.05, 4.69) is 106 Å². The van der Waals surface area contributed by atoms with Crippen LogP contribution in [0.4, 0.5) is 0 Å². The SMILES string of the molecule is CC/C=C\C/C=C\C/C=C\C/C=C\CCCCCCCCCCC(=O)OCC(COC(=O)CCCCCCCCCCCCC)OC(=O)CC/C=C\C/C=C\C/C=C\C/C=C\CC. The molecular weight excluding hydrogens is 781 g/mol. The van der Waals surface area contributed by atoms with Crippen molar-refractivity contribution in [2.75, 3.05) is 13.2 Å². The number of carbonyl (C=O) groups is 3. The van der Waals surface area contributed by atoms with E-state index in [4.69, 9.17) is 14.2 Å². The fourth-order valence-electron chi connectivity index (χ4n) is 6.80. The van der Waals surface area contributed by atoms with E-state index in [0.29, 0.717) is 19.3 Å². The molecule has 0 amide bonds. The molecule has 358 valence electrons. The predicted molar refractivity (Wildman–Crippen MR) is 270 cm³/mol. The molecule has 0 bridgehead atoms. The Morgan fingerprint density at radius 1 is 0.333 bits per heavy atom. The van der Waals surface area contributed by atoms with E-state index in [1.807, 2.05) is 12.2 Å². The molecule has 0 heterocycles. The Hall–Kier alpha value is -3.67. The summed E-state index contributed by atoms with van der Waals surface area (Å²) in [5.41, 5.74) is 0. The van der Waals surface area contributed by atoms with Gasteiger partial charge in [-0.25, -0.2) is 0 Å². The Morgan fingerprint density at radius 3 is 1.03 bits per heavy atom.